The monoisotopic (exact) mass is 181 g/mol. The van der Waals surface area contributed by atoms with E-state index in [0.29, 0.717) is 5.41 Å². The van der Waals surface area contributed by atoms with Crippen LogP contribution in [0.5, 0.6) is 0 Å². The molecule has 1 aliphatic carbocycles. The maximum Gasteiger partial charge on any atom is 0.161 e. The normalized spacial score (nSPS) is 19.2. The molecule has 0 amide bonds. The first kappa shape index (κ1) is 7.92. The molecule has 0 atom stereocenters. The number of carbonyl (C=O) groups excluding carboxylic acids is 1. The van der Waals surface area contributed by atoms with Crippen molar-refractivity contribution in [2.75, 3.05) is 0 Å². The lowest BCUT2D eigenvalue weighted by atomic mass is 10.2. The lowest BCUT2D eigenvalue weighted by molar-refractivity contribution is 0.112. The first-order chi connectivity index (χ1) is 5.65. The SMILES string of the molecule is Cc1nc(C2(C)CC2)sc1C=O. The Balaban J connectivity index is 2.40. The molecule has 0 unspecified atom stereocenters. The van der Waals surface area contributed by atoms with E-state index < -0.39 is 0 Å². The minimum atomic E-state index is 0.302. The van der Waals surface area contributed by atoms with Crippen LogP contribution in [0.1, 0.15) is 40.1 Å². The zero-order chi connectivity index (χ0) is 8.77. The standard InChI is InChI=1S/C9H11NOS/c1-6-7(5-11)12-8(10-6)9(2)3-4-9/h5H,3-4H2,1-2H3. The highest BCUT2D eigenvalue weighted by atomic mass is 32.1. The van der Waals surface area contributed by atoms with E-state index in [1.165, 1.54) is 12.8 Å². The van der Waals surface area contributed by atoms with Gasteiger partial charge in [0.2, 0.25) is 0 Å². The first-order valence-electron chi connectivity index (χ1n) is 4.09. The fraction of sp³-hybridized carbons (Fsp3) is 0.556. The molecule has 2 rings (SSSR count). The topological polar surface area (TPSA) is 30.0 Å². The Kier molecular flexibility index (Phi) is 1.58. The molecule has 1 fully saturated rings. The van der Waals surface area contributed by atoms with Crippen LogP contribution in [-0.2, 0) is 5.41 Å². The van der Waals surface area contributed by atoms with Gasteiger partial charge >= 0.3 is 0 Å². The Morgan fingerprint density at radius 1 is 1.58 bits per heavy atom. The maximum atomic E-state index is 10.6. The molecule has 1 aliphatic rings. The molecule has 64 valence electrons. The second-order valence-electron chi connectivity index (χ2n) is 3.65. The van der Waals surface area contributed by atoms with Crippen LogP contribution in [0.2, 0.25) is 0 Å². The zero-order valence-corrected chi connectivity index (χ0v) is 8.07. The van der Waals surface area contributed by atoms with Gasteiger partial charge in [-0.2, -0.15) is 0 Å². The summed E-state index contributed by atoms with van der Waals surface area (Å²) in [4.78, 5) is 15.8. The van der Waals surface area contributed by atoms with Gasteiger partial charge in [-0.1, -0.05) is 6.92 Å². The van der Waals surface area contributed by atoms with E-state index in [4.69, 9.17) is 0 Å². The third-order valence-corrected chi connectivity index (χ3v) is 3.84. The van der Waals surface area contributed by atoms with Crippen LogP contribution in [0.3, 0.4) is 0 Å². The molecule has 1 aromatic heterocycles. The Morgan fingerprint density at radius 3 is 2.67 bits per heavy atom. The Hall–Kier alpha value is -0.700. The fourth-order valence-corrected chi connectivity index (χ4v) is 2.26. The summed E-state index contributed by atoms with van der Waals surface area (Å²) >= 11 is 1.55. The summed E-state index contributed by atoms with van der Waals surface area (Å²) < 4.78 is 0. The van der Waals surface area contributed by atoms with Gasteiger partial charge in [-0.25, -0.2) is 4.98 Å². The molecule has 12 heavy (non-hydrogen) atoms. The molecule has 3 heteroatoms. The van der Waals surface area contributed by atoms with Crippen molar-refractivity contribution in [3.8, 4) is 0 Å². The van der Waals surface area contributed by atoms with Crippen molar-refractivity contribution in [3.05, 3.63) is 15.6 Å². The van der Waals surface area contributed by atoms with E-state index >= 15 is 0 Å². The smallest absolute Gasteiger partial charge is 0.161 e. The minimum Gasteiger partial charge on any atom is -0.297 e. The summed E-state index contributed by atoms with van der Waals surface area (Å²) in [5, 5.41) is 1.14. The molecule has 0 bridgehead atoms. The molecular formula is C9H11NOS. The Morgan fingerprint density at radius 2 is 2.25 bits per heavy atom. The van der Waals surface area contributed by atoms with Gasteiger partial charge in [-0.15, -0.1) is 11.3 Å². The average Bonchev–Trinajstić information content (AvgIpc) is 2.65. The molecule has 0 N–H and O–H groups in total. The summed E-state index contributed by atoms with van der Waals surface area (Å²) in [5.41, 5.74) is 1.19. The second kappa shape index (κ2) is 2.39. The van der Waals surface area contributed by atoms with Crippen molar-refractivity contribution >= 4 is 17.6 Å². The van der Waals surface area contributed by atoms with E-state index in [-0.39, 0.29) is 0 Å². The van der Waals surface area contributed by atoms with E-state index in [9.17, 15) is 4.79 Å². The highest BCUT2D eigenvalue weighted by Gasteiger charge is 2.42. The van der Waals surface area contributed by atoms with Gasteiger partial charge in [0.25, 0.3) is 0 Å². The van der Waals surface area contributed by atoms with Crippen LogP contribution in [0, 0.1) is 6.92 Å². The molecule has 0 aromatic carbocycles. The largest absolute Gasteiger partial charge is 0.297 e. The molecule has 1 saturated carbocycles. The number of aryl methyl sites for hydroxylation is 1. The third kappa shape index (κ3) is 1.08. The number of thiazole rings is 1. The van der Waals surface area contributed by atoms with Crippen molar-refractivity contribution in [1.29, 1.82) is 0 Å². The van der Waals surface area contributed by atoms with Crippen molar-refractivity contribution in [1.82, 2.24) is 4.98 Å². The predicted octanol–water partition coefficient (Wildman–Crippen LogP) is 2.32. The summed E-state index contributed by atoms with van der Waals surface area (Å²) in [7, 11) is 0. The van der Waals surface area contributed by atoms with Gasteiger partial charge in [0, 0.05) is 5.41 Å². The highest BCUT2D eigenvalue weighted by molar-refractivity contribution is 7.13. The summed E-state index contributed by atoms with van der Waals surface area (Å²) in [5.74, 6) is 0. The van der Waals surface area contributed by atoms with E-state index in [0.717, 1.165) is 21.9 Å². The number of aromatic nitrogens is 1. The Labute approximate surface area is 75.6 Å². The maximum absolute atomic E-state index is 10.6. The fourth-order valence-electron chi connectivity index (χ4n) is 1.18. The minimum absolute atomic E-state index is 0.302. The van der Waals surface area contributed by atoms with Crippen LogP contribution in [0.4, 0.5) is 0 Å². The molecule has 0 saturated heterocycles. The number of aldehydes is 1. The lowest BCUT2D eigenvalue weighted by Gasteiger charge is -1.99. The number of nitrogens with zero attached hydrogens (tertiary/aromatic N) is 1. The number of hydrogen-bond acceptors (Lipinski definition) is 3. The predicted molar refractivity (Wildman–Crippen MR) is 48.8 cm³/mol. The van der Waals surface area contributed by atoms with E-state index in [1.54, 1.807) is 11.3 Å². The molecular weight excluding hydrogens is 170 g/mol. The van der Waals surface area contributed by atoms with Gasteiger partial charge < -0.3 is 0 Å². The van der Waals surface area contributed by atoms with Crippen LogP contribution in [0.25, 0.3) is 0 Å². The van der Waals surface area contributed by atoms with E-state index in [1.807, 2.05) is 6.92 Å². The van der Waals surface area contributed by atoms with Crippen LogP contribution in [-0.4, -0.2) is 11.3 Å². The number of hydrogen-bond donors (Lipinski definition) is 0. The lowest BCUT2D eigenvalue weighted by Crippen LogP contribution is -1.97. The molecule has 0 aliphatic heterocycles. The summed E-state index contributed by atoms with van der Waals surface area (Å²) in [6, 6.07) is 0. The average molecular weight is 181 g/mol. The molecule has 2 nitrogen and oxygen atoms in total. The third-order valence-electron chi connectivity index (χ3n) is 2.46. The zero-order valence-electron chi connectivity index (χ0n) is 7.26. The van der Waals surface area contributed by atoms with Crippen molar-refractivity contribution in [2.45, 2.75) is 32.1 Å². The Bertz CT molecular complexity index is 325. The molecule has 0 radical (unpaired) electrons. The molecule has 1 heterocycles. The van der Waals surface area contributed by atoms with Gasteiger partial charge in [0.05, 0.1) is 15.6 Å². The van der Waals surface area contributed by atoms with Crippen LogP contribution in [0.15, 0.2) is 0 Å². The molecule has 1 aromatic rings. The molecule has 0 spiro atoms. The van der Waals surface area contributed by atoms with Crippen molar-refractivity contribution in [3.63, 3.8) is 0 Å². The first-order valence-corrected chi connectivity index (χ1v) is 4.90. The van der Waals surface area contributed by atoms with Gasteiger partial charge in [0.1, 0.15) is 0 Å². The summed E-state index contributed by atoms with van der Waals surface area (Å²) in [6.45, 7) is 4.11. The van der Waals surface area contributed by atoms with Crippen molar-refractivity contribution < 1.29 is 4.79 Å². The van der Waals surface area contributed by atoms with Gasteiger partial charge in [-0.05, 0) is 19.8 Å². The number of carbonyl (C=O) groups is 1. The van der Waals surface area contributed by atoms with E-state index in [2.05, 4.69) is 11.9 Å². The van der Waals surface area contributed by atoms with Crippen LogP contribution < -0.4 is 0 Å². The highest BCUT2D eigenvalue weighted by Crippen LogP contribution is 2.49. The second-order valence-corrected chi connectivity index (χ2v) is 4.68. The quantitative estimate of drug-likeness (QED) is 0.655. The van der Waals surface area contributed by atoms with Crippen LogP contribution >= 0.6 is 11.3 Å². The van der Waals surface area contributed by atoms with Crippen molar-refractivity contribution in [2.24, 2.45) is 0 Å². The van der Waals surface area contributed by atoms with Gasteiger partial charge in [-0.3, -0.25) is 4.79 Å². The summed E-state index contributed by atoms with van der Waals surface area (Å²) in [6.07, 6.45) is 3.35. The van der Waals surface area contributed by atoms with Gasteiger partial charge in [0.15, 0.2) is 6.29 Å². The number of rotatable bonds is 2.